The maximum atomic E-state index is 12.6. The maximum absolute atomic E-state index is 12.6. The summed E-state index contributed by atoms with van der Waals surface area (Å²) in [7, 11) is 0. The number of hydrogen-bond acceptors (Lipinski definition) is 4. The van der Waals surface area contributed by atoms with Crippen LogP contribution in [0.15, 0.2) is 18.2 Å². The Labute approximate surface area is 123 Å². The SMILES string of the molecule is Cc1ccc([N+](=O)[O-])cc1C(=O)N1CCCC(CCO)C1. The fraction of sp³-hybridized carbons (Fsp3) is 0.533. The van der Waals surface area contributed by atoms with Gasteiger partial charge in [-0.1, -0.05) is 6.07 Å². The monoisotopic (exact) mass is 292 g/mol. The van der Waals surface area contributed by atoms with Gasteiger partial charge in [0.15, 0.2) is 0 Å². The number of nitrogens with zero attached hydrogens (tertiary/aromatic N) is 2. The summed E-state index contributed by atoms with van der Waals surface area (Å²) in [6.45, 7) is 3.19. The minimum Gasteiger partial charge on any atom is -0.396 e. The highest BCUT2D eigenvalue weighted by Gasteiger charge is 2.26. The van der Waals surface area contributed by atoms with Crippen LogP contribution in [0.1, 0.15) is 35.2 Å². The second kappa shape index (κ2) is 6.67. The van der Waals surface area contributed by atoms with E-state index in [4.69, 9.17) is 5.11 Å². The lowest BCUT2D eigenvalue weighted by Crippen LogP contribution is -2.40. The second-order valence-electron chi connectivity index (χ2n) is 5.53. The van der Waals surface area contributed by atoms with E-state index < -0.39 is 4.92 Å². The van der Waals surface area contributed by atoms with E-state index >= 15 is 0 Å². The highest BCUT2D eigenvalue weighted by molar-refractivity contribution is 5.96. The molecule has 1 N–H and O–H groups in total. The summed E-state index contributed by atoms with van der Waals surface area (Å²) in [6, 6.07) is 4.38. The normalized spacial score (nSPS) is 18.6. The topological polar surface area (TPSA) is 83.7 Å². The van der Waals surface area contributed by atoms with E-state index in [0.29, 0.717) is 31.0 Å². The first kappa shape index (κ1) is 15.4. The summed E-state index contributed by atoms with van der Waals surface area (Å²) in [5.41, 5.74) is 1.08. The van der Waals surface area contributed by atoms with Crippen molar-refractivity contribution in [3.05, 3.63) is 39.4 Å². The van der Waals surface area contributed by atoms with E-state index in [1.165, 1.54) is 12.1 Å². The van der Waals surface area contributed by atoms with Gasteiger partial charge in [0.05, 0.1) is 4.92 Å². The quantitative estimate of drug-likeness (QED) is 0.680. The number of nitro benzene ring substituents is 1. The zero-order valence-electron chi connectivity index (χ0n) is 12.1. The number of hydrogen-bond donors (Lipinski definition) is 1. The minimum absolute atomic E-state index is 0.0622. The molecular weight excluding hydrogens is 272 g/mol. The van der Waals surface area contributed by atoms with Crippen LogP contribution in [-0.2, 0) is 0 Å². The number of aryl methyl sites for hydroxylation is 1. The first-order valence-electron chi connectivity index (χ1n) is 7.18. The lowest BCUT2D eigenvalue weighted by atomic mass is 9.94. The number of piperidine rings is 1. The molecule has 0 bridgehead atoms. The number of non-ortho nitro benzene ring substituents is 1. The molecule has 1 aromatic rings. The molecule has 1 saturated heterocycles. The zero-order valence-corrected chi connectivity index (χ0v) is 12.1. The van der Waals surface area contributed by atoms with Gasteiger partial charge in [-0.2, -0.15) is 0 Å². The molecule has 1 atom stereocenters. The third-order valence-electron chi connectivity index (χ3n) is 4.01. The van der Waals surface area contributed by atoms with E-state index in [1.807, 2.05) is 0 Å². The van der Waals surface area contributed by atoms with Gasteiger partial charge >= 0.3 is 0 Å². The summed E-state index contributed by atoms with van der Waals surface area (Å²) in [4.78, 5) is 24.7. The van der Waals surface area contributed by atoms with Crippen LogP contribution in [0, 0.1) is 23.0 Å². The van der Waals surface area contributed by atoms with Gasteiger partial charge in [0.1, 0.15) is 0 Å². The lowest BCUT2D eigenvalue weighted by molar-refractivity contribution is -0.384. The van der Waals surface area contributed by atoms with Gasteiger partial charge in [-0.25, -0.2) is 0 Å². The third-order valence-corrected chi connectivity index (χ3v) is 4.01. The lowest BCUT2D eigenvalue weighted by Gasteiger charge is -2.32. The van der Waals surface area contributed by atoms with Gasteiger partial charge in [-0.3, -0.25) is 14.9 Å². The molecule has 0 spiro atoms. The van der Waals surface area contributed by atoms with Gasteiger partial charge in [0.2, 0.25) is 0 Å². The Morgan fingerprint density at radius 1 is 1.52 bits per heavy atom. The highest BCUT2D eigenvalue weighted by Crippen LogP contribution is 2.24. The van der Waals surface area contributed by atoms with E-state index in [-0.39, 0.29) is 18.2 Å². The summed E-state index contributed by atoms with van der Waals surface area (Å²) in [6.07, 6.45) is 2.61. The van der Waals surface area contributed by atoms with Crippen LogP contribution in [0.2, 0.25) is 0 Å². The summed E-state index contributed by atoms with van der Waals surface area (Å²) in [5.74, 6) is 0.158. The molecule has 6 nitrogen and oxygen atoms in total. The predicted octanol–water partition coefficient (Wildman–Crippen LogP) is 2.14. The van der Waals surface area contributed by atoms with E-state index in [9.17, 15) is 14.9 Å². The molecule has 21 heavy (non-hydrogen) atoms. The van der Waals surface area contributed by atoms with Crippen LogP contribution in [0.3, 0.4) is 0 Å². The van der Waals surface area contributed by atoms with Crippen molar-refractivity contribution in [2.24, 2.45) is 5.92 Å². The van der Waals surface area contributed by atoms with Crippen molar-refractivity contribution in [3.63, 3.8) is 0 Å². The van der Waals surface area contributed by atoms with Gasteiger partial charge in [-0.05, 0) is 37.7 Å². The molecule has 1 unspecified atom stereocenters. The van der Waals surface area contributed by atoms with Crippen molar-refractivity contribution < 1.29 is 14.8 Å². The van der Waals surface area contributed by atoms with Crippen molar-refractivity contribution in [3.8, 4) is 0 Å². The zero-order chi connectivity index (χ0) is 15.4. The Hall–Kier alpha value is -1.95. The summed E-state index contributed by atoms with van der Waals surface area (Å²) in [5, 5.41) is 19.9. The highest BCUT2D eigenvalue weighted by atomic mass is 16.6. The average Bonchev–Trinajstić information content (AvgIpc) is 2.47. The maximum Gasteiger partial charge on any atom is 0.270 e. The standard InChI is InChI=1S/C15H20N2O4/c1-11-4-5-13(17(20)21)9-14(11)15(19)16-7-2-3-12(10-16)6-8-18/h4-5,9,12,18H,2-3,6-8,10H2,1H3. The van der Waals surface area contributed by atoms with Crippen LogP contribution in [0.5, 0.6) is 0 Å². The van der Waals surface area contributed by atoms with Crippen molar-refractivity contribution in [2.45, 2.75) is 26.2 Å². The average molecular weight is 292 g/mol. The number of carbonyl (C=O) groups excluding carboxylic acids is 1. The molecule has 1 heterocycles. The van der Waals surface area contributed by atoms with Gasteiger partial charge in [-0.15, -0.1) is 0 Å². The predicted molar refractivity (Wildman–Crippen MR) is 78.2 cm³/mol. The smallest absolute Gasteiger partial charge is 0.270 e. The molecule has 114 valence electrons. The second-order valence-corrected chi connectivity index (χ2v) is 5.53. The number of aliphatic hydroxyl groups is 1. The van der Waals surface area contributed by atoms with E-state index in [1.54, 1.807) is 17.9 Å². The Kier molecular flexibility index (Phi) is 4.90. The number of carbonyl (C=O) groups is 1. The number of benzene rings is 1. The molecule has 1 aliphatic heterocycles. The van der Waals surface area contributed by atoms with E-state index in [2.05, 4.69) is 0 Å². The number of rotatable bonds is 4. The molecule has 0 radical (unpaired) electrons. The van der Waals surface area contributed by atoms with Crippen LogP contribution >= 0.6 is 0 Å². The molecule has 2 rings (SSSR count). The first-order valence-corrected chi connectivity index (χ1v) is 7.18. The van der Waals surface area contributed by atoms with Crippen molar-refractivity contribution in [1.29, 1.82) is 0 Å². The van der Waals surface area contributed by atoms with Crippen LogP contribution in [0.4, 0.5) is 5.69 Å². The van der Waals surface area contributed by atoms with Crippen molar-refractivity contribution in [1.82, 2.24) is 4.90 Å². The number of nitro groups is 1. The third kappa shape index (κ3) is 3.58. The Morgan fingerprint density at radius 3 is 2.95 bits per heavy atom. The molecule has 6 heteroatoms. The number of aliphatic hydroxyl groups excluding tert-OH is 1. The fourth-order valence-corrected chi connectivity index (χ4v) is 2.79. The Morgan fingerprint density at radius 2 is 2.29 bits per heavy atom. The molecule has 1 aromatic carbocycles. The van der Waals surface area contributed by atoms with Gasteiger partial charge < -0.3 is 10.0 Å². The minimum atomic E-state index is -0.485. The van der Waals surface area contributed by atoms with Crippen LogP contribution in [0.25, 0.3) is 0 Å². The molecule has 1 fully saturated rings. The largest absolute Gasteiger partial charge is 0.396 e. The van der Waals surface area contributed by atoms with Gasteiger partial charge in [0, 0.05) is 37.4 Å². The molecule has 1 amide bonds. The van der Waals surface area contributed by atoms with Crippen molar-refractivity contribution >= 4 is 11.6 Å². The first-order chi connectivity index (χ1) is 10.0. The molecule has 1 aliphatic rings. The Bertz CT molecular complexity index is 542. The number of amides is 1. The summed E-state index contributed by atoms with van der Waals surface area (Å²) >= 11 is 0. The molecule has 0 aromatic heterocycles. The number of likely N-dealkylation sites (tertiary alicyclic amines) is 1. The van der Waals surface area contributed by atoms with E-state index in [0.717, 1.165) is 18.4 Å². The molecule has 0 saturated carbocycles. The molecular formula is C15H20N2O4. The fourth-order valence-electron chi connectivity index (χ4n) is 2.79. The van der Waals surface area contributed by atoms with Crippen LogP contribution < -0.4 is 0 Å². The Balaban J connectivity index is 2.19. The summed E-state index contributed by atoms with van der Waals surface area (Å²) < 4.78 is 0. The van der Waals surface area contributed by atoms with Crippen LogP contribution in [-0.4, -0.2) is 40.5 Å². The van der Waals surface area contributed by atoms with Crippen molar-refractivity contribution in [2.75, 3.05) is 19.7 Å². The molecule has 0 aliphatic carbocycles. The van der Waals surface area contributed by atoms with Gasteiger partial charge in [0.25, 0.3) is 11.6 Å².